The maximum atomic E-state index is 12.9. The van der Waals surface area contributed by atoms with Crippen molar-refractivity contribution >= 4 is 34.3 Å². The van der Waals surface area contributed by atoms with E-state index in [-0.39, 0.29) is 5.91 Å². The van der Waals surface area contributed by atoms with Crippen molar-refractivity contribution in [2.24, 2.45) is 11.0 Å². The van der Waals surface area contributed by atoms with Crippen molar-refractivity contribution in [2.45, 2.75) is 58.3 Å². The van der Waals surface area contributed by atoms with E-state index in [9.17, 15) is 9.59 Å². The quantitative estimate of drug-likeness (QED) is 0.297. The SMILES string of the molecule is C/C=C(\SC)c1nc2c(nc1NC(=O)CC1CCCCC1)CCc1cc(C(=O)N=[N+]=[N-])ccc1-2. The van der Waals surface area contributed by atoms with E-state index in [0.717, 1.165) is 40.3 Å². The molecular weight excluding hydrogens is 448 g/mol. The topological polar surface area (TPSA) is 121 Å². The Balaban J connectivity index is 1.68. The highest BCUT2D eigenvalue weighted by molar-refractivity contribution is 8.07. The van der Waals surface area contributed by atoms with Crippen LogP contribution in [0.4, 0.5) is 5.82 Å². The number of hydrogen-bond donors (Lipinski definition) is 1. The van der Waals surface area contributed by atoms with E-state index < -0.39 is 5.91 Å². The zero-order valence-electron chi connectivity index (χ0n) is 19.5. The van der Waals surface area contributed by atoms with Gasteiger partial charge in [0.05, 0.1) is 11.4 Å². The van der Waals surface area contributed by atoms with Gasteiger partial charge in [0.15, 0.2) is 5.82 Å². The molecule has 1 saturated carbocycles. The monoisotopic (exact) mass is 476 g/mol. The Bertz CT molecular complexity index is 1200. The minimum atomic E-state index is -0.600. The molecule has 0 spiro atoms. The average Bonchev–Trinajstić information content (AvgIpc) is 2.85. The van der Waals surface area contributed by atoms with Gasteiger partial charge in [0.1, 0.15) is 5.69 Å². The third-order valence-electron chi connectivity index (χ3n) is 6.51. The summed E-state index contributed by atoms with van der Waals surface area (Å²) in [4.78, 5) is 38.2. The number of aromatic nitrogens is 2. The summed E-state index contributed by atoms with van der Waals surface area (Å²) in [6.45, 7) is 1.95. The summed E-state index contributed by atoms with van der Waals surface area (Å²) in [7, 11) is 0. The molecule has 0 saturated heterocycles. The van der Waals surface area contributed by atoms with E-state index in [0.29, 0.717) is 42.3 Å². The summed E-state index contributed by atoms with van der Waals surface area (Å²) in [6.07, 6.45) is 11.7. The first-order valence-corrected chi connectivity index (χ1v) is 12.9. The van der Waals surface area contributed by atoms with E-state index in [2.05, 4.69) is 15.3 Å². The lowest BCUT2D eigenvalue weighted by Crippen LogP contribution is -2.21. The van der Waals surface area contributed by atoms with Gasteiger partial charge in [-0.25, -0.2) is 9.97 Å². The second kappa shape index (κ2) is 10.8. The molecule has 1 N–H and O–H groups in total. The molecule has 0 bridgehead atoms. The number of azide groups is 1. The lowest BCUT2D eigenvalue weighted by Gasteiger charge is -2.23. The Morgan fingerprint density at radius 2 is 2.03 bits per heavy atom. The first-order valence-electron chi connectivity index (χ1n) is 11.7. The molecule has 34 heavy (non-hydrogen) atoms. The molecule has 176 valence electrons. The number of fused-ring (bicyclic) bond motifs is 3. The number of nitrogens with one attached hydrogen (secondary N) is 1. The van der Waals surface area contributed by atoms with Gasteiger partial charge >= 0.3 is 0 Å². The number of thioether (sulfide) groups is 1. The molecule has 1 heterocycles. The van der Waals surface area contributed by atoms with E-state index >= 15 is 0 Å². The molecule has 9 heteroatoms. The Morgan fingerprint density at radius 3 is 2.74 bits per heavy atom. The fourth-order valence-electron chi connectivity index (χ4n) is 4.82. The predicted octanol–water partition coefficient (Wildman–Crippen LogP) is 6.33. The molecule has 4 rings (SSSR count). The third-order valence-corrected chi connectivity index (χ3v) is 7.38. The average molecular weight is 477 g/mol. The zero-order valence-corrected chi connectivity index (χ0v) is 20.3. The number of allylic oxidation sites excluding steroid dienone is 1. The van der Waals surface area contributed by atoms with Crippen molar-refractivity contribution in [2.75, 3.05) is 11.6 Å². The van der Waals surface area contributed by atoms with Crippen molar-refractivity contribution in [3.05, 3.63) is 57.2 Å². The van der Waals surface area contributed by atoms with Gasteiger partial charge < -0.3 is 5.32 Å². The Labute approximate surface area is 203 Å². The largest absolute Gasteiger partial charge is 0.309 e. The van der Waals surface area contributed by atoms with Crippen LogP contribution in [0.15, 0.2) is 29.4 Å². The maximum Gasteiger partial charge on any atom is 0.249 e. The highest BCUT2D eigenvalue weighted by Gasteiger charge is 2.25. The Hall–Kier alpha value is -3.16. The van der Waals surface area contributed by atoms with Crippen molar-refractivity contribution in [3.8, 4) is 11.3 Å². The molecule has 2 aromatic rings. The molecule has 2 aliphatic carbocycles. The molecule has 2 amide bonds. The number of aryl methyl sites for hydroxylation is 2. The molecule has 8 nitrogen and oxygen atoms in total. The van der Waals surface area contributed by atoms with Gasteiger partial charge in [0.25, 0.3) is 0 Å². The van der Waals surface area contributed by atoms with Crippen molar-refractivity contribution in [1.82, 2.24) is 9.97 Å². The van der Waals surface area contributed by atoms with Gasteiger partial charge in [-0.1, -0.05) is 37.5 Å². The molecule has 0 radical (unpaired) electrons. The first kappa shape index (κ1) is 24.0. The maximum absolute atomic E-state index is 12.9. The Kier molecular flexibility index (Phi) is 7.65. The first-order chi connectivity index (χ1) is 16.5. The van der Waals surface area contributed by atoms with Crippen LogP contribution in [-0.4, -0.2) is 28.0 Å². The zero-order chi connectivity index (χ0) is 24.1. The van der Waals surface area contributed by atoms with Crippen LogP contribution in [0.3, 0.4) is 0 Å². The van der Waals surface area contributed by atoms with E-state index in [1.165, 1.54) is 19.3 Å². The predicted molar refractivity (Wildman–Crippen MR) is 135 cm³/mol. The molecule has 1 fully saturated rings. The van der Waals surface area contributed by atoms with E-state index in [1.54, 1.807) is 23.9 Å². The number of amides is 2. The number of hydrogen-bond acceptors (Lipinski definition) is 5. The molecule has 1 aromatic carbocycles. The summed E-state index contributed by atoms with van der Waals surface area (Å²) in [5.74, 6) is 0.355. The molecule has 0 aliphatic heterocycles. The second-order valence-corrected chi connectivity index (χ2v) is 9.54. The normalized spacial score (nSPS) is 15.6. The number of anilines is 1. The van der Waals surface area contributed by atoms with Crippen LogP contribution in [-0.2, 0) is 17.6 Å². The smallest absolute Gasteiger partial charge is 0.249 e. The minimum Gasteiger partial charge on any atom is -0.309 e. The lowest BCUT2D eigenvalue weighted by molar-refractivity contribution is -0.117. The fourth-order valence-corrected chi connectivity index (χ4v) is 5.39. The molecular formula is C25H28N6O2S. The summed E-state index contributed by atoms with van der Waals surface area (Å²) in [5.41, 5.74) is 13.0. The molecule has 0 unspecified atom stereocenters. The number of rotatable bonds is 6. The highest BCUT2D eigenvalue weighted by Crippen LogP contribution is 2.37. The number of carbonyl (C=O) groups excluding carboxylic acids is 2. The van der Waals surface area contributed by atoms with E-state index in [1.807, 2.05) is 25.3 Å². The van der Waals surface area contributed by atoms with Crippen LogP contribution in [0, 0.1) is 5.92 Å². The van der Waals surface area contributed by atoms with Gasteiger partial charge in [-0.05, 0) is 67.1 Å². The summed E-state index contributed by atoms with van der Waals surface area (Å²) >= 11 is 1.56. The lowest BCUT2D eigenvalue weighted by atomic mass is 9.87. The number of carbonyl (C=O) groups is 2. The van der Waals surface area contributed by atoms with Crippen LogP contribution in [0.2, 0.25) is 0 Å². The van der Waals surface area contributed by atoms with Crippen LogP contribution in [0.25, 0.3) is 26.6 Å². The standard InChI is InChI=1S/C25H28N6O2S/c1-3-20(34-2)23-24(28-21(32)13-15-7-5-4-6-8-15)27-19-12-10-16-14-17(25(33)30-31-26)9-11-18(16)22(19)29-23/h3,9,11,14-15H,4-8,10,12-13H2,1-2H3,(H,27,28,32)/b20-3-. The van der Waals surface area contributed by atoms with Gasteiger partial charge in [0, 0.05) is 27.4 Å². The van der Waals surface area contributed by atoms with Gasteiger partial charge in [-0.15, -0.1) is 11.8 Å². The fraction of sp³-hybridized carbons (Fsp3) is 0.440. The highest BCUT2D eigenvalue weighted by atomic mass is 32.2. The van der Waals surface area contributed by atoms with Crippen LogP contribution in [0.5, 0.6) is 0 Å². The molecule has 0 atom stereocenters. The van der Waals surface area contributed by atoms with Crippen molar-refractivity contribution in [3.63, 3.8) is 0 Å². The number of nitrogens with zero attached hydrogens (tertiary/aromatic N) is 5. The summed E-state index contributed by atoms with van der Waals surface area (Å²) in [5, 5.41) is 6.25. The van der Waals surface area contributed by atoms with Gasteiger partial charge in [-0.2, -0.15) is 0 Å². The Morgan fingerprint density at radius 1 is 1.24 bits per heavy atom. The molecule has 1 aromatic heterocycles. The second-order valence-electron chi connectivity index (χ2n) is 8.70. The van der Waals surface area contributed by atoms with Gasteiger partial charge in [-0.3, -0.25) is 9.59 Å². The van der Waals surface area contributed by atoms with Gasteiger partial charge in [0.2, 0.25) is 11.8 Å². The molecule has 2 aliphatic rings. The minimum absolute atomic E-state index is 0.00336. The van der Waals surface area contributed by atoms with Crippen LogP contribution >= 0.6 is 11.8 Å². The van der Waals surface area contributed by atoms with Crippen molar-refractivity contribution < 1.29 is 9.59 Å². The van der Waals surface area contributed by atoms with Crippen LogP contribution in [0.1, 0.15) is 72.8 Å². The number of benzene rings is 1. The summed E-state index contributed by atoms with van der Waals surface area (Å²) in [6, 6.07) is 5.25. The summed E-state index contributed by atoms with van der Waals surface area (Å²) < 4.78 is 0. The van der Waals surface area contributed by atoms with E-state index in [4.69, 9.17) is 15.5 Å². The van der Waals surface area contributed by atoms with Crippen molar-refractivity contribution in [1.29, 1.82) is 0 Å². The third kappa shape index (κ3) is 5.16. The van der Waals surface area contributed by atoms with Crippen LogP contribution < -0.4 is 5.32 Å².